The van der Waals surface area contributed by atoms with E-state index in [0.717, 1.165) is 25.9 Å². The first-order valence-corrected chi connectivity index (χ1v) is 4.55. The summed E-state index contributed by atoms with van der Waals surface area (Å²) in [6, 6.07) is 0. The maximum Gasteiger partial charge on any atom is 0.115 e. The zero-order chi connectivity index (χ0) is 8.91. The van der Waals surface area contributed by atoms with E-state index < -0.39 is 5.72 Å². The first-order chi connectivity index (χ1) is 5.08. The van der Waals surface area contributed by atoms with Gasteiger partial charge in [0.1, 0.15) is 5.72 Å². The fourth-order valence-corrected chi connectivity index (χ4v) is 1.23. The van der Waals surface area contributed by atoms with Gasteiger partial charge in [-0.25, -0.2) is 0 Å². The van der Waals surface area contributed by atoms with Crippen molar-refractivity contribution in [1.29, 1.82) is 0 Å². The van der Waals surface area contributed by atoms with Crippen LogP contribution in [0.4, 0.5) is 0 Å². The summed E-state index contributed by atoms with van der Waals surface area (Å²) in [6.45, 7) is 10.0. The molecule has 0 aliphatic carbocycles. The van der Waals surface area contributed by atoms with Crippen LogP contribution in [-0.2, 0) is 0 Å². The van der Waals surface area contributed by atoms with Crippen LogP contribution in [0.5, 0.6) is 0 Å². The highest BCUT2D eigenvalue weighted by Crippen LogP contribution is 2.14. The van der Waals surface area contributed by atoms with Crippen LogP contribution in [0.3, 0.4) is 0 Å². The zero-order valence-electron chi connectivity index (χ0n) is 8.22. The number of hydrogen-bond acceptors (Lipinski definition) is 2. The van der Waals surface area contributed by atoms with Crippen molar-refractivity contribution in [2.24, 2.45) is 0 Å². The van der Waals surface area contributed by atoms with E-state index in [1.807, 2.05) is 13.8 Å². The fourth-order valence-electron chi connectivity index (χ4n) is 1.23. The van der Waals surface area contributed by atoms with Crippen LogP contribution in [0.25, 0.3) is 0 Å². The van der Waals surface area contributed by atoms with E-state index in [9.17, 15) is 5.11 Å². The lowest BCUT2D eigenvalue weighted by atomic mass is 10.1. The average molecular weight is 159 g/mol. The number of nitrogens with zero attached hydrogens (tertiary/aromatic N) is 1. The summed E-state index contributed by atoms with van der Waals surface area (Å²) in [5.74, 6) is 0. The minimum Gasteiger partial charge on any atom is -0.376 e. The van der Waals surface area contributed by atoms with E-state index in [2.05, 4.69) is 18.7 Å². The molecule has 0 heterocycles. The van der Waals surface area contributed by atoms with E-state index in [1.54, 1.807) is 0 Å². The molecule has 0 saturated heterocycles. The molecule has 1 unspecified atom stereocenters. The Morgan fingerprint density at radius 1 is 1.27 bits per heavy atom. The summed E-state index contributed by atoms with van der Waals surface area (Å²) in [4.78, 5) is 2.10. The molecule has 0 radical (unpaired) electrons. The molecule has 2 heteroatoms. The topological polar surface area (TPSA) is 23.5 Å². The molecule has 0 fully saturated rings. The van der Waals surface area contributed by atoms with Crippen molar-refractivity contribution in [1.82, 2.24) is 4.90 Å². The van der Waals surface area contributed by atoms with Crippen molar-refractivity contribution < 1.29 is 5.11 Å². The molecular weight excluding hydrogens is 138 g/mol. The van der Waals surface area contributed by atoms with E-state index in [4.69, 9.17) is 0 Å². The van der Waals surface area contributed by atoms with Crippen LogP contribution < -0.4 is 0 Å². The van der Waals surface area contributed by atoms with Crippen LogP contribution in [-0.4, -0.2) is 28.8 Å². The summed E-state index contributed by atoms with van der Waals surface area (Å²) in [6.07, 6.45) is 1.89. The van der Waals surface area contributed by atoms with Gasteiger partial charge in [0.2, 0.25) is 0 Å². The standard InChI is InChI=1S/C9H21NO/c1-5-8-10(7-3)9(4,11)6-2/h11H,5-8H2,1-4H3. The summed E-state index contributed by atoms with van der Waals surface area (Å²) < 4.78 is 0. The van der Waals surface area contributed by atoms with Crippen LogP contribution in [0.15, 0.2) is 0 Å². The minimum atomic E-state index is -0.606. The van der Waals surface area contributed by atoms with Gasteiger partial charge >= 0.3 is 0 Å². The van der Waals surface area contributed by atoms with Crippen molar-refractivity contribution >= 4 is 0 Å². The van der Waals surface area contributed by atoms with E-state index in [1.165, 1.54) is 0 Å². The Labute approximate surface area is 70.2 Å². The largest absolute Gasteiger partial charge is 0.376 e. The normalized spacial score (nSPS) is 16.9. The molecule has 2 nitrogen and oxygen atoms in total. The molecule has 0 bridgehead atoms. The lowest BCUT2D eigenvalue weighted by molar-refractivity contribution is -0.0935. The van der Waals surface area contributed by atoms with Gasteiger partial charge in [0.15, 0.2) is 0 Å². The van der Waals surface area contributed by atoms with Gasteiger partial charge in [0.25, 0.3) is 0 Å². The van der Waals surface area contributed by atoms with Gasteiger partial charge in [0.05, 0.1) is 0 Å². The average Bonchev–Trinajstić information content (AvgIpc) is 2.00. The van der Waals surface area contributed by atoms with Gasteiger partial charge in [-0.05, 0) is 26.3 Å². The number of aliphatic hydroxyl groups is 1. The number of hydrogen-bond donors (Lipinski definition) is 1. The molecule has 0 aromatic carbocycles. The minimum absolute atomic E-state index is 0.606. The summed E-state index contributed by atoms with van der Waals surface area (Å²) in [7, 11) is 0. The third kappa shape index (κ3) is 3.21. The highest BCUT2D eigenvalue weighted by Gasteiger charge is 2.24. The molecule has 0 saturated carbocycles. The second kappa shape index (κ2) is 4.73. The third-order valence-corrected chi connectivity index (χ3v) is 2.23. The number of rotatable bonds is 5. The van der Waals surface area contributed by atoms with Gasteiger partial charge < -0.3 is 5.11 Å². The predicted molar refractivity (Wildman–Crippen MR) is 48.5 cm³/mol. The molecule has 0 rings (SSSR count). The second-order valence-electron chi connectivity index (χ2n) is 3.15. The van der Waals surface area contributed by atoms with Gasteiger partial charge in [-0.15, -0.1) is 0 Å². The van der Waals surface area contributed by atoms with Crippen LogP contribution in [0.1, 0.15) is 40.5 Å². The predicted octanol–water partition coefficient (Wildman–Crippen LogP) is 1.84. The molecule has 0 aromatic rings. The molecule has 0 aromatic heterocycles. The Balaban J connectivity index is 3.99. The van der Waals surface area contributed by atoms with Gasteiger partial charge in [-0.2, -0.15) is 0 Å². The van der Waals surface area contributed by atoms with E-state index in [-0.39, 0.29) is 0 Å². The van der Waals surface area contributed by atoms with Crippen molar-refractivity contribution in [3.63, 3.8) is 0 Å². The molecule has 0 aliphatic heterocycles. The maximum absolute atomic E-state index is 9.84. The lowest BCUT2D eigenvalue weighted by Gasteiger charge is -2.35. The molecule has 0 aliphatic rings. The van der Waals surface area contributed by atoms with Crippen molar-refractivity contribution in [3.8, 4) is 0 Å². The lowest BCUT2D eigenvalue weighted by Crippen LogP contribution is -2.46. The molecule has 11 heavy (non-hydrogen) atoms. The van der Waals surface area contributed by atoms with Crippen LogP contribution in [0.2, 0.25) is 0 Å². The van der Waals surface area contributed by atoms with E-state index in [0.29, 0.717) is 0 Å². The Morgan fingerprint density at radius 3 is 2.09 bits per heavy atom. The summed E-state index contributed by atoms with van der Waals surface area (Å²) >= 11 is 0. The molecular formula is C9H21NO. The van der Waals surface area contributed by atoms with Gasteiger partial charge in [-0.1, -0.05) is 20.8 Å². The van der Waals surface area contributed by atoms with Crippen molar-refractivity contribution in [3.05, 3.63) is 0 Å². The van der Waals surface area contributed by atoms with Crippen LogP contribution in [0, 0.1) is 0 Å². The molecule has 1 N–H and O–H groups in total. The van der Waals surface area contributed by atoms with Crippen molar-refractivity contribution in [2.75, 3.05) is 13.1 Å². The smallest absolute Gasteiger partial charge is 0.115 e. The Hall–Kier alpha value is -0.0800. The van der Waals surface area contributed by atoms with E-state index >= 15 is 0 Å². The highest BCUT2D eigenvalue weighted by molar-refractivity contribution is 4.71. The SMILES string of the molecule is CCCN(CC)C(C)(O)CC. The summed E-state index contributed by atoms with van der Waals surface area (Å²) in [5.41, 5.74) is -0.606. The Morgan fingerprint density at radius 2 is 1.82 bits per heavy atom. The van der Waals surface area contributed by atoms with Crippen molar-refractivity contribution in [2.45, 2.75) is 46.3 Å². The summed E-state index contributed by atoms with van der Waals surface area (Å²) in [5, 5.41) is 9.84. The molecule has 68 valence electrons. The molecule has 0 amide bonds. The Bertz CT molecular complexity index is 102. The molecule has 0 spiro atoms. The second-order valence-corrected chi connectivity index (χ2v) is 3.15. The quantitative estimate of drug-likeness (QED) is 0.619. The zero-order valence-corrected chi connectivity index (χ0v) is 8.22. The highest BCUT2D eigenvalue weighted by atomic mass is 16.3. The monoisotopic (exact) mass is 159 g/mol. The first-order valence-electron chi connectivity index (χ1n) is 4.55. The maximum atomic E-state index is 9.84. The third-order valence-electron chi connectivity index (χ3n) is 2.23. The molecule has 1 atom stereocenters. The van der Waals surface area contributed by atoms with Gasteiger partial charge in [0, 0.05) is 6.54 Å². The van der Waals surface area contributed by atoms with Gasteiger partial charge in [-0.3, -0.25) is 4.90 Å². The van der Waals surface area contributed by atoms with Crippen LogP contribution >= 0.6 is 0 Å². The fraction of sp³-hybridized carbons (Fsp3) is 1.00. The first kappa shape index (κ1) is 10.9. The Kier molecular flexibility index (Phi) is 4.69.